The molecule has 0 spiro atoms. The predicted molar refractivity (Wildman–Crippen MR) is 121 cm³/mol. The quantitative estimate of drug-likeness (QED) is 0.314. The SMILES string of the molecule is COc1cc(N2c3ccccc3Oc3ccccc32)ccc1-c1nc2ccccc2o1. The number of oxazole rings is 1. The van der Waals surface area contributed by atoms with Crippen LogP contribution in [-0.4, -0.2) is 12.1 Å². The normalized spacial score (nSPS) is 12.2. The summed E-state index contributed by atoms with van der Waals surface area (Å²) in [7, 11) is 1.66. The molecular weight excluding hydrogens is 388 g/mol. The lowest BCUT2D eigenvalue weighted by molar-refractivity contribution is 0.414. The smallest absolute Gasteiger partial charge is 0.231 e. The monoisotopic (exact) mass is 406 g/mol. The lowest BCUT2D eigenvalue weighted by atomic mass is 10.1. The summed E-state index contributed by atoms with van der Waals surface area (Å²) in [4.78, 5) is 6.80. The van der Waals surface area contributed by atoms with Crippen molar-refractivity contribution in [2.45, 2.75) is 0 Å². The molecule has 0 amide bonds. The molecule has 0 saturated carbocycles. The Balaban J connectivity index is 1.50. The van der Waals surface area contributed by atoms with Crippen molar-refractivity contribution in [3.05, 3.63) is 91.0 Å². The first kappa shape index (κ1) is 17.6. The number of hydrogen-bond acceptors (Lipinski definition) is 5. The zero-order valence-electron chi connectivity index (χ0n) is 16.8. The summed E-state index contributed by atoms with van der Waals surface area (Å²) in [5.74, 6) is 2.84. The highest BCUT2D eigenvalue weighted by Crippen LogP contribution is 2.51. The molecule has 2 heterocycles. The van der Waals surface area contributed by atoms with E-state index < -0.39 is 0 Å². The molecule has 5 heteroatoms. The highest BCUT2D eigenvalue weighted by molar-refractivity contribution is 5.87. The van der Waals surface area contributed by atoms with E-state index in [0.29, 0.717) is 11.6 Å². The lowest BCUT2D eigenvalue weighted by Gasteiger charge is -2.33. The van der Waals surface area contributed by atoms with Crippen molar-refractivity contribution in [3.8, 4) is 28.7 Å². The van der Waals surface area contributed by atoms with E-state index in [1.54, 1.807) is 7.11 Å². The molecule has 0 N–H and O–H groups in total. The number of aromatic nitrogens is 1. The van der Waals surface area contributed by atoms with Crippen molar-refractivity contribution in [1.29, 1.82) is 0 Å². The maximum Gasteiger partial charge on any atom is 0.231 e. The number of ether oxygens (including phenoxy) is 2. The molecule has 1 aliphatic rings. The summed E-state index contributed by atoms with van der Waals surface area (Å²) >= 11 is 0. The molecular formula is C26H18N2O3. The Morgan fingerprint density at radius 2 is 1.45 bits per heavy atom. The maximum atomic E-state index is 6.11. The van der Waals surface area contributed by atoms with Crippen LogP contribution in [0.15, 0.2) is 95.4 Å². The van der Waals surface area contributed by atoms with Gasteiger partial charge in [-0.2, -0.15) is 0 Å². The van der Waals surface area contributed by atoms with Gasteiger partial charge < -0.3 is 18.8 Å². The fourth-order valence-corrected chi connectivity index (χ4v) is 3.97. The topological polar surface area (TPSA) is 47.7 Å². The molecule has 0 fully saturated rings. The van der Waals surface area contributed by atoms with Crippen LogP contribution in [0.4, 0.5) is 17.1 Å². The molecule has 1 aromatic heterocycles. The third kappa shape index (κ3) is 2.82. The molecule has 31 heavy (non-hydrogen) atoms. The summed E-state index contributed by atoms with van der Waals surface area (Å²) in [6.07, 6.45) is 0. The Morgan fingerprint density at radius 1 is 0.774 bits per heavy atom. The Morgan fingerprint density at radius 3 is 2.16 bits per heavy atom. The van der Waals surface area contributed by atoms with E-state index in [2.05, 4.69) is 9.88 Å². The zero-order valence-corrected chi connectivity index (χ0v) is 16.8. The summed E-state index contributed by atoms with van der Waals surface area (Å²) < 4.78 is 17.8. The number of nitrogens with zero attached hydrogens (tertiary/aromatic N) is 2. The summed E-state index contributed by atoms with van der Waals surface area (Å²) in [6, 6.07) is 29.8. The molecule has 4 aromatic carbocycles. The number of anilines is 3. The molecule has 5 nitrogen and oxygen atoms in total. The second kappa shape index (κ2) is 6.92. The minimum atomic E-state index is 0.535. The van der Waals surface area contributed by atoms with Crippen LogP contribution in [0, 0.1) is 0 Å². The van der Waals surface area contributed by atoms with Gasteiger partial charge in [0.1, 0.15) is 11.3 Å². The molecule has 150 valence electrons. The summed E-state index contributed by atoms with van der Waals surface area (Å²) in [5, 5.41) is 0. The average molecular weight is 406 g/mol. The molecule has 0 atom stereocenters. The summed E-state index contributed by atoms with van der Waals surface area (Å²) in [5.41, 5.74) is 5.27. The highest BCUT2D eigenvalue weighted by Gasteiger charge is 2.26. The largest absolute Gasteiger partial charge is 0.496 e. The van der Waals surface area contributed by atoms with Crippen molar-refractivity contribution in [3.63, 3.8) is 0 Å². The Kier molecular flexibility index (Phi) is 3.93. The Hall–Kier alpha value is -4.25. The molecule has 6 rings (SSSR count). The lowest BCUT2D eigenvalue weighted by Crippen LogP contribution is -2.15. The number of methoxy groups -OCH3 is 1. The van der Waals surface area contributed by atoms with Crippen molar-refractivity contribution < 1.29 is 13.9 Å². The fourth-order valence-electron chi connectivity index (χ4n) is 3.97. The van der Waals surface area contributed by atoms with E-state index in [4.69, 9.17) is 13.9 Å². The van der Waals surface area contributed by atoms with Crippen LogP contribution >= 0.6 is 0 Å². The second-order valence-corrected chi connectivity index (χ2v) is 7.24. The third-order valence-electron chi connectivity index (χ3n) is 5.40. The van der Waals surface area contributed by atoms with E-state index in [-0.39, 0.29) is 0 Å². The van der Waals surface area contributed by atoms with Crippen LogP contribution in [0.2, 0.25) is 0 Å². The fraction of sp³-hybridized carbons (Fsp3) is 0.0385. The Labute approximate surface area is 179 Å². The van der Waals surface area contributed by atoms with Crippen LogP contribution < -0.4 is 14.4 Å². The zero-order chi connectivity index (χ0) is 20.8. The van der Waals surface area contributed by atoms with Crippen molar-refractivity contribution >= 4 is 28.2 Å². The van der Waals surface area contributed by atoms with E-state index >= 15 is 0 Å². The van der Waals surface area contributed by atoms with Gasteiger partial charge in [-0.05, 0) is 48.5 Å². The van der Waals surface area contributed by atoms with E-state index in [1.165, 1.54) is 0 Å². The van der Waals surface area contributed by atoms with Gasteiger partial charge in [0.05, 0.1) is 29.7 Å². The minimum absolute atomic E-state index is 0.535. The van der Waals surface area contributed by atoms with E-state index in [1.807, 2.05) is 91.0 Å². The van der Waals surface area contributed by atoms with Crippen LogP contribution in [0.1, 0.15) is 0 Å². The maximum absolute atomic E-state index is 6.11. The van der Waals surface area contributed by atoms with Gasteiger partial charge in [0, 0.05) is 6.07 Å². The summed E-state index contributed by atoms with van der Waals surface area (Å²) in [6.45, 7) is 0. The predicted octanol–water partition coefficient (Wildman–Crippen LogP) is 7.08. The molecule has 0 saturated heterocycles. The van der Waals surface area contributed by atoms with Gasteiger partial charge in [-0.3, -0.25) is 0 Å². The third-order valence-corrected chi connectivity index (χ3v) is 5.40. The van der Waals surface area contributed by atoms with Gasteiger partial charge in [0.15, 0.2) is 17.1 Å². The van der Waals surface area contributed by atoms with Gasteiger partial charge in [-0.15, -0.1) is 0 Å². The van der Waals surface area contributed by atoms with Crippen LogP contribution in [0.25, 0.3) is 22.6 Å². The molecule has 0 unspecified atom stereocenters. The molecule has 0 aliphatic carbocycles. The minimum Gasteiger partial charge on any atom is -0.496 e. The van der Waals surface area contributed by atoms with Crippen LogP contribution in [0.3, 0.4) is 0 Å². The Bertz CT molecular complexity index is 1340. The first-order valence-corrected chi connectivity index (χ1v) is 10.0. The highest BCUT2D eigenvalue weighted by atomic mass is 16.5. The number of fused-ring (bicyclic) bond motifs is 3. The average Bonchev–Trinajstić information content (AvgIpc) is 3.26. The van der Waals surface area contributed by atoms with Crippen LogP contribution in [0.5, 0.6) is 17.2 Å². The number of rotatable bonds is 3. The molecule has 5 aromatic rings. The molecule has 0 bridgehead atoms. The van der Waals surface area contributed by atoms with Gasteiger partial charge in [-0.25, -0.2) is 4.98 Å². The number of para-hydroxylation sites is 6. The second-order valence-electron chi connectivity index (χ2n) is 7.24. The van der Waals surface area contributed by atoms with E-state index in [0.717, 1.165) is 45.2 Å². The molecule has 1 aliphatic heterocycles. The molecule has 0 radical (unpaired) electrons. The first-order valence-electron chi connectivity index (χ1n) is 10.0. The van der Waals surface area contributed by atoms with Crippen molar-refractivity contribution in [1.82, 2.24) is 4.98 Å². The van der Waals surface area contributed by atoms with Gasteiger partial charge in [0.2, 0.25) is 5.89 Å². The number of hydrogen-bond donors (Lipinski definition) is 0. The van der Waals surface area contributed by atoms with Crippen LogP contribution in [-0.2, 0) is 0 Å². The van der Waals surface area contributed by atoms with Crippen molar-refractivity contribution in [2.75, 3.05) is 12.0 Å². The van der Waals surface area contributed by atoms with Gasteiger partial charge in [-0.1, -0.05) is 36.4 Å². The first-order chi connectivity index (χ1) is 15.3. The van der Waals surface area contributed by atoms with Crippen molar-refractivity contribution in [2.24, 2.45) is 0 Å². The van der Waals surface area contributed by atoms with Gasteiger partial charge in [0.25, 0.3) is 0 Å². The van der Waals surface area contributed by atoms with Gasteiger partial charge >= 0.3 is 0 Å². The standard InChI is InChI=1S/C26H18N2O3/c1-29-25-16-17(14-15-18(25)26-27-19-8-2-5-11-22(19)31-26)28-20-9-3-6-12-23(20)30-24-13-7-4-10-21(24)28/h2-16H,1H3. The number of benzene rings is 4. The van der Waals surface area contributed by atoms with E-state index in [9.17, 15) is 0 Å².